The fourth-order valence-electron chi connectivity index (χ4n) is 1.56. The summed E-state index contributed by atoms with van der Waals surface area (Å²) in [5.74, 6) is -0.353. The van der Waals surface area contributed by atoms with Crippen LogP contribution in [0.5, 0.6) is 0 Å². The Morgan fingerprint density at radius 3 is 3.15 bits per heavy atom. The molecular formula is C10H10O2S. The number of rotatable bonds is 2. The van der Waals surface area contributed by atoms with E-state index < -0.39 is 5.97 Å². The third kappa shape index (κ3) is 1.86. The van der Waals surface area contributed by atoms with Crippen LogP contribution >= 0.6 is 11.8 Å². The second-order valence-electron chi connectivity index (χ2n) is 3.18. The Kier molecular flexibility index (Phi) is 2.27. The van der Waals surface area contributed by atoms with Gasteiger partial charge in [0, 0.05) is 11.2 Å². The van der Waals surface area contributed by atoms with Crippen LogP contribution in [0.4, 0.5) is 0 Å². The van der Waals surface area contributed by atoms with Gasteiger partial charge in [0.2, 0.25) is 0 Å². The number of fused-ring (bicyclic) bond motifs is 1. The number of carboxylic acids is 1. The maximum absolute atomic E-state index is 10.5. The molecule has 0 aromatic rings. The fraction of sp³-hybridized carbons (Fsp3) is 0.300. The predicted molar refractivity (Wildman–Crippen MR) is 53.5 cm³/mol. The Bertz CT molecular complexity index is 315. The van der Waals surface area contributed by atoms with Gasteiger partial charge >= 0.3 is 5.97 Å². The maximum Gasteiger partial charge on any atom is 0.307 e. The summed E-state index contributed by atoms with van der Waals surface area (Å²) >= 11 is 1.79. The van der Waals surface area contributed by atoms with E-state index >= 15 is 0 Å². The van der Waals surface area contributed by atoms with Gasteiger partial charge in [0.15, 0.2) is 0 Å². The van der Waals surface area contributed by atoms with Crippen LogP contribution in [0.2, 0.25) is 0 Å². The SMILES string of the molecule is O=C(O)CC1=CC2C=CSC2C=C1. The lowest BCUT2D eigenvalue weighted by Crippen LogP contribution is -2.11. The highest BCUT2D eigenvalue weighted by molar-refractivity contribution is 8.03. The summed E-state index contributed by atoms with van der Waals surface area (Å²) in [6.07, 6.45) is 8.33. The van der Waals surface area contributed by atoms with Gasteiger partial charge in [-0.2, -0.15) is 0 Å². The number of hydrogen-bond acceptors (Lipinski definition) is 2. The zero-order valence-electron chi connectivity index (χ0n) is 7.01. The van der Waals surface area contributed by atoms with E-state index in [1.807, 2.05) is 6.08 Å². The average molecular weight is 194 g/mol. The summed E-state index contributed by atoms with van der Waals surface area (Å²) < 4.78 is 0. The Balaban J connectivity index is 2.10. The normalized spacial score (nSPS) is 30.0. The predicted octanol–water partition coefficient (Wildman–Crippen LogP) is 2.20. The fourth-order valence-corrected chi connectivity index (χ4v) is 2.54. The minimum Gasteiger partial charge on any atom is -0.481 e. The summed E-state index contributed by atoms with van der Waals surface area (Å²) in [7, 11) is 0. The number of hydrogen-bond donors (Lipinski definition) is 1. The van der Waals surface area contributed by atoms with Crippen LogP contribution < -0.4 is 0 Å². The number of carboxylic acid groups (broad SMARTS) is 1. The monoisotopic (exact) mass is 194 g/mol. The van der Waals surface area contributed by atoms with Gasteiger partial charge in [-0.3, -0.25) is 4.79 Å². The molecule has 2 atom stereocenters. The van der Waals surface area contributed by atoms with E-state index in [9.17, 15) is 4.79 Å². The summed E-state index contributed by atoms with van der Waals surface area (Å²) in [5.41, 5.74) is 0.918. The van der Waals surface area contributed by atoms with Crippen molar-refractivity contribution in [1.82, 2.24) is 0 Å². The van der Waals surface area contributed by atoms with Crippen LogP contribution in [0.15, 0.2) is 35.3 Å². The van der Waals surface area contributed by atoms with Crippen LogP contribution in [-0.4, -0.2) is 16.3 Å². The van der Waals surface area contributed by atoms with Crippen LogP contribution in [0.25, 0.3) is 0 Å². The number of allylic oxidation sites excluding steroid dienone is 3. The smallest absolute Gasteiger partial charge is 0.307 e. The standard InChI is InChI=1S/C10H10O2S/c11-10(12)6-7-1-2-9-8(5-7)3-4-13-9/h1-5,8-9H,6H2,(H,11,12). The molecule has 0 amide bonds. The first-order valence-corrected chi connectivity index (χ1v) is 5.13. The van der Waals surface area contributed by atoms with Crippen LogP contribution in [-0.2, 0) is 4.79 Å². The summed E-state index contributed by atoms with van der Waals surface area (Å²) in [4.78, 5) is 10.5. The lowest BCUT2D eigenvalue weighted by molar-refractivity contribution is -0.136. The minimum absolute atomic E-state index is 0.137. The van der Waals surface area contributed by atoms with E-state index in [4.69, 9.17) is 5.11 Å². The van der Waals surface area contributed by atoms with Crippen molar-refractivity contribution >= 4 is 17.7 Å². The molecule has 13 heavy (non-hydrogen) atoms. The quantitative estimate of drug-likeness (QED) is 0.732. The molecule has 2 unspecified atom stereocenters. The molecule has 1 heterocycles. The van der Waals surface area contributed by atoms with E-state index in [0.29, 0.717) is 11.2 Å². The second kappa shape index (κ2) is 3.42. The molecule has 68 valence electrons. The molecule has 2 aliphatic rings. The molecule has 0 radical (unpaired) electrons. The van der Waals surface area contributed by atoms with Crippen molar-refractivity contribution in [3.63, 3.8) is 0 Å². The molecule has 0 aromatic carbocycles. The van der Waals surface area contributed by atoms with Gasteiger partial charge in [0.1, 0.15) is 0 Å². The highest BCUT2D eigenvalue weighted by Crippen LogP contribution is 2.35. The zero-order valence-corrected chi connectivity index (χ0v) is 7.83. The molecule has 1 aliphatic heterocycles. The van der Waals surface area contributed by atoms with Crippen molar-refractivity contribution in [1.29, 1.82) is 0 Å². The molecule has 0 fully saturated rings. The van der Waals surface area contributed by atoms with Crippen molar-refractivity contribution in [2.75, 3.05) is 0 Å². The Morgan fingerprint density at radius 2 is 2.38 bits per heavy atom. The number of thioether (sulfide) groups is 1. The van der Waals surface area contributed by atoms with Crippen LogP contribution in [0.3, 0.4) is 0 Å². The van der Waals surface area contributed by atoms with Gasteiger partial charge < -0.3 is 5.11 Å². The molecule has 0 spiro atoms. The summed E-state index contributed by atoms with van der Waals surface area (Å²) in [5, 5.41) is 11.2. The summed E-state index contributed by atoms with van der Waals surface area (Å²) in [6.45, 7) is 0. The Labute approximate surface area is 81.0 Å². The highest BCUT2D eigenvalue weighted by Gasteiger charge is 2.22. The molecule has 0 aromatic heterocycles. The summed E-state index contributed by atoms with van der Waals surface area (Å²) in [6, 6.07) is 0. The third-order valence-electron chi connectivity index (χ3n) is 2.18. The van der Waals surface area contributed by atoms with Crippen molar-refractivity contribution < 1.29 is 9.90 Å². The Hall–Kier alpha value is -0.960. The third-order valence-corrected chi connectivity index (χ3v) is 3.28. The van der Waals surface area contributed by atoms with Crippen LogP contribution in [0, 0.1) is 5.92 Å². The minimum atomic E-state index is -0.760. The van der Waals surface area contributed by atoms with Gasteiger partial charge in [-0.25, -0.2) is 0 Å². The van der Waals surface area contributed by atoms with E-state index in [-0.39, 0.29) is 6.42 Å². The van der Waals surface area contributed by atoms with E-state index in [2.05, 4.69) is 23.6 Å². The first-order valence-electron chi connectivity index (χ1n) is 4.18. The van der Waals surface area contributed by atoms with Gasteiger partial charge in [-0.05, 0) is 11.0 Å². The molecule has 1 aliphatic carbocycles. The number of carbonyl (C=O) groups is 1. The van der Waals surface area contributed by atoms with Gasteiger partial charge in [0.25, 0.3) is 0 Å². The molecular weight excluding hydrogens is 184 g/mol. The lowest BCUT2D eigenvalue weighted by atomic mass is 9.94. The molecule has 0 saturated heterocycles. The van der Waals surface area contributed by atoms with Crippen LogP contribution in [0.1, 0.15) is 6.42 Å². The lowest BCUT2D eigenvalue weighted by Gasteiger charge is -2.16. The second-order valence-corrected chi connectivity index (χ2v) is 4.27. The van der Waals surface area contributed by atoms with Crippen molar-refractivity contribution in [2.45, 2.75) is 11.7 Å². The highest BCUT2D eigenvalue weighted by atomic mass is 32.2. The van der Waals surface area contributed by atoms with Crippen molar-refractivity contribution in [2.24, 2.45) is 5.92 Å². The number of aliphatic carboxylic acids is 1. The maximum atomic E-state index is 10.5. The Morgan fingerprint density at radius 1 is 1.54 bits per heavy atom. The van der Waals surface area contributed by atoms with E-state index in [1.165, 1.54) is 0 Å². The molecule has 0 saturated carbocycles. The topological polar surface area (TPSA) is 37.3 Å². The first kappa shape index (κ1) is 8.63. The van der Waals surface area contributed by atoms with Gasteiger partial charge in [0.05, 0.1) is 6.42 Å². The average Bonchev–Trinajstić information content (AvgIpc) is 2.49. The van der Waals surface area contributed by atoms with Crippen molar-refractivity contribution in [3.05, 3.63) is 35.3 Å². The molecule has 0 bridgehead atoms. The van der Waals surface area contributed by atoms with Gasteiger partial charge in [-0.1, -0.05) is 24.3 Å². The largest absolute Gasteiger partial charge is 0.481 e. The molecule has 3 heteroatoms. The van der Waals surface area contributed by atoms with E-state index in [1.54, 1.807) is 11.8 Å². The van der Waals surface area contributed by atoms with Crippen molar-refractivity contribution in [3.8, 4) is 0 Å². The molecule has 1 N–H and O–H groups in total. The molecule has 2 rings (SSSR count). The first-order chi connectivity index (χ1) is 6.25. The zero-order chi connectivity index (χ0) is 9.26. The van der Waals surface area contributed by atoms with Gasteiger partial charge in [-0.15, -0.1) is 11.8 Å². The molecule has 2 nitrogen and oxygen atoms in total. The van der Waals surface area contributed by atoms with E-state index in [0.717, 1.165) is 5.57 Å².